The third-order valence-corrected chi connectivity index (χ3v) is 3.56. The van der Waals surface area contributed by atoms with E-state index in [0.717, 1.165) is 0 Å². The number of methoxy groups -OCH3 is 1. The van der Waals surface area contributed by atoms with Crippen LogP contribution in [0.25, 0.3) is 22.2 Å². The Morgan fingerprint density at radius 1 is 1.21 bits per heavy atom. The standard InChI is InChI=1S/C18H13N3O3/c1-24-12-8-6-11(7-9-12)16(22)14(10-19)17-20-15-5-3-2-4-13(15)18(23)21-17/h2-9,22H,1H3,(H,20,21,23)/b16-14-. The van der Waals surface area contributed by atoms with Crippen molar-refractivity contribution in [2.75, 3.05) is 7.11 Å². The van der Waals surface area contributed by atoms with Crippen LogP contribution < -0.4 is 10.3 Å². The molecule has 118 valence electrons. The lowest BCUT2D eigenvalue weighted by atomic mass is 10.1. The van der Waals surface area contributed by atoms with Gasteiger partial charge in [0.25, 0.3) is 5.56 Å². The fourth-order valence-electron chi connectivity index (χ4n) is 2.32. The van der Waals surface area contributed by atoms with Crippen molar-refractivity contribution in [3.63, 3.8) is 0 Å². The maximum absolute atomic E-state index is 12.1. The molecule has 24 heavy (non-hydrogen) atoms. The van der Waals surface area contributed by atoms with Gasteiger partial charge in [-0.1, -0.05) is 12.1 Å². The van der Waals surface area contributed by atoms with Gasteiger partial charge in [0.15, 0.2) is 5.82 Å². The highest BCUT2D eigenvalue weighted by Gasteiger charge is 2.14. The molecule has 1 heterocycles. The number of H-pyrrole nitrogens is 1. The number of para-hydroxylation sites is 1. The number of fused-ring (bicyclic) bond motifs is 1. The van der Waals surface area contributed by atoms with Gasteiger partial charge in [0.2, 0.25) is 0 Å². The van der Waals surface area contributed by atoms with Crippen molar-refractivity contribution in [2.24, 2.45) is 0 Å². The maximum Gasteiger partial charge on any atom is 0.259 e. The fourth-order valence-corrected chi connectivity index (χ4v) is 2.32. The van der Waals surface area contributed by atoms with Crippen LogP contribution in [0.2, 0.25) is 0 Å². The van der Waals surface area contributed by atoms with E-state index in [4.69, 9.17) is 4.74 Å². The summed E-state index contributed by atoms with van der Waals surface area (Å²) in [6.45, 7) is 0. The zero-order valence-corrected chi connectivity index (χ0v) is 12.8. The Labute approximate surface area is 137 Å². The monoisotopic (exact) mass is 319 g/mol. The van der Waals surface area contributed by atoms with Crippen molar-refractivity contribution in [1.29, 1.82) is 5.26 Å². The number of nitriles is 1. The number of aliphatic hydroxyl groups is 1. The second kappa shape index (κ2) is 6.26. The van der Waals surface area contributed by atoms with Gasteiger partial charge in [0, 0.05) is 5.56 Å². The molecule has 6 nitrogen and oxygen atoms in total. The number of benzene rings is 2. The first-order valence-electron chi connectivity index (χ1n) is 7.11. The van der Waals surface area contributed by atoms with Gasteiger partial charge in [-0.05, 0) is 36.4 Å². The summed E-state index contributed by atoms with van der Waals surface area (Å²) in [7, 11) is 1.54. The summed E-state index contributed by atoms with van der Waals surface area (Å²) in [6.07, 6.45) is 0. The van der Waals surface area contributed by atoms with E-state index in [0.29, 0.717) is 22.2 Å². The van der Waals surface area contributed by atoms with Crippen molar-refractivity contribution in [3.8, 4) is 11.8 Å². The molecule has 3 rings (SSSR count). The van der Waals surface area contributed by atoms with Gasteiger partial charge in [-0.2, -0.15) is 5.26 Å². The highest BCUT2D eigenvalue weighted by atomic mass is 16.5. The predicted molar refractivity (Wildman–Crippen MR) is 90.4 cm³/mol. The van der Waals surface area contributed by atoms with Crippen LogP contribution >= 0.6 is 0 Å². The van der Waals surface area contributed by atoms with Gasteiger partial charge in [-0.25, -0.2) is 4.98 Å². The fraction of sp³-hybridized carbons (Fsp3) is 0.0556. The van der Waals surface area contributed by atoms with Crippen molar-refractivity contribution in [1.82, 2.24) is 9.97 Å². The smallest absolute Gasteiger partial charge is 0.259 e. The number of nitrogens with zero attached hydrogens (tertiary/aromatic N) is 2. The average Bonchev–Trinajstić information content (AvgIpc) is 2.62. The highest BCUT2D eigenvalue weighted by molar-refractivity contribution is 5.93. The number of aromatic amines is 1. The first-order chi connectivity index (χ1) is 11.6. The summed E-state index contributed by atoms with van der Waals surface area (Å²) in [4.78, 5) is 18.9. The summed E-state index contributed by atoms with van der Waals surface area (Å²) < 4.78 is 5.06. The predicted octanol–water partition coefficient (Wildman–Crippen LogP) is 2.88. The lowest BCUT2D eigenvalue weighted by Gasteiger charge is -2.06. The topological polar surface area (TPSA) is 99.0 Å². The number of hydrogen-bond acceptors (Lipinski definition) is 5. The third-order valence-electron chi connectivity index (χ3n) is 3.56. The average molecular weight is 319 g/mol. The number of rotatable bonds is 3. The first kappa shape index (κ1) is 15.3. The van der Waals surface area contributed by atoms with E-state index in [1.54, 1.807) is 48.5 Å². The van der Waals surface area contributed by atoms with Crippen LogP contribution in [0.15, 0.2) is 53.3 Å². The minimum absolute atomic E-state index is 0.0227. The van der Waals surface area contributed by atoms with E-state index in [-0.39, 0.29) is 22.7 Å². The van der Waals surface area contributed by atoms with Crippen LogP contribution in [0.1, 0.15) is 11.4 Å². The Kier molecular flexibility index (Phi) is 4.00. The van der Waals surface area contributed by atoms with Crippen LogP contribution in [0, 0.1) is 11.3 Å². The SMILES string of the molecule is COc1ccc(/C(O)=C(\C#N)c2nc3ccccc3c(=O)[nH]2)cc1. The zero-order valence-electron chi connectivity index (χ0n) is 12.8. The van der Waals surface area contributed by atoms with Crippen molar-refractivity contribution in [2.45, 2.75) is 0 Å². The molecule has 1 aromatic heterocycles. The molecule has 3 aromatic rings. The largest absolute Gasteiger partial charge is 0.506 e. The van der Waals surface area contributed by atoms with Gasteiger partial charge in [0.05, 0.1) is 18.0 Å². The summed E-state index contributed by atoms with van der Waals surface area (Å²) in [6, 6.07) is 15.3. The third kappa shape index (κ3) is 2.71. The summed E-state index contributed by atoms with van der Waals surface area (Å²) >= 11 is 0. The Morgan fingerprint density at radius 2 is 1.92 bits per heavy atom. The Morgan fingerprint density at radius 3 is 2.58 bits per heavy atom. The molecule has 0 aliphatic heterocycles. The quantitative estimate of drug-likeness (QED) is 0.571. The molecular weight excluding hydrogens is 306 g/mol. The minimum atomic E-state index is -0.370. The molecule has 0 aliphatic rings. The van der Waals surface area contributed by atoms with E-state index in [1.807, 2.05) is 6.07 Å². The van der Waals surface area contributed by atoms with Crippen molar-refractivity contribution < 1.29 is 9.84 Å². The molecule has 0 aliphatic carbocycles. The molecule has 0 radical (unpaired) electrons. The number of aromatic nitrogens is 2. The second-order valence-corrected chi connectivity index (χ2v) is 5.00. The van der Waals surface area contributed by atoms with E-state index in [9.17, 15) is 15.2 Å². The molecule has 0 bridgehead atoms. The molecule has 0 fully saturated rings. The number of nitrogens with one attached hydrogen (secondary N) is 1. The molecule has 0 amide bonds. The lowest BCUT2D eigenvalue weighted by Crippen LogP contribution is -2.11. The van der Waals surface area contributed by atoms with Crippen LogP contribution in [0.4, 0.5) is 0 Å². The van der Waals surface area contributed by atoms with Crippen LogP contribution in [-0.4, -0.2) is 22.2 Å². The molecular formula is C18H13N3O3. The van der Waals surface area contributed by atoms with Crippen molar-refractivity contribution in [3.05, 3.63) is 70.3 Å². The normalized spacial score (nSPS) is 11.7. The zero-order chi connectivity index (χ0) is 17.1. The number of hydrogen-bond donors (Lipinski definition) is 2. The summed E-state index contributed by atoms with van der Waals surface area (Å²) in [5.41, 5.74) is 0.392. The molecule has 2 N–H and O–H groups in total. The van der Waals surface area contributed by atoms with Crippen LogP contribution in [0.5, 0.6) is 5.75 Å². The van der Waals surface area contributed by atoms with Crippen LogP contribution in [0.3, 0.4) is 0 Å². The maximum atomic E-state index is 12.1. The molecule has 2 aromatic carbocycles. The van der Waals surface area contributed by atoms with E-state index in [1.165, 1.54) is 7.11 Å². The highest BCUT2D eigenvalue weighted by Crippen LogP contribution is 2.23. The first-order valence-corrected chi connectivity index (χ1v) is 7.11. The molecule has 6 heteroatoms. The van der Waals surface area contributed by atoms with E-state index in [2.05, 4.69) is 9.97 Å². The van der Waals surface area contributed by atoms with Gasteiger partial charge in [-0.15, -0.1) is 0 Å². The summed E-state index contributed by atoms with van der Waals surface area (Å²) in [5.74, 6) is 0.385. The van der Waals surface area contributed by atoms with E-state index < -0.39 is 0 Å². The number of ether oxygens (including phenoxy) is 1. The van der Waals surface area contributed by atoms with Gasteiger partial charge in [-0.3, -0.25) is 4.79 Å². The van der Waals surface area contributed by atoms with Crippen LogP contribution in [-0.2, 0) is 0 Å². The number of allylic oxidation sites excluding steroid dienone is 1. The van der Waals surface area contributed by atoms with E-state index >= 15 is 0 Å². The summed E-state index contributed by atoms with van der Waals surface area (Å²) in [5, 5.41) is 20.3. The van der Waals surface area contributed by atoms with Gasteiger partial charge >= 0.3 is 0 Å². The Balaban J connectivity index is 2.17. The molecule has 0 unspecified atom stereocenters. The molecule has 0 spiro atoms. The molecule has 0 saturated heterocycles. The molecule has 0 saturated carbocycles. The number of aliphatic hydroxyl groups excluding tert-OH is 1. The molecule has 0 atom stereocenters. The van der Waals surface area contributed by atoms with Gasteiger partial charge in [0.1, 0.15) is 23.2 Å². The second-order valence-electron chi connectivity index (χ2n) is 5.00. The minimum Gasteiger partial charge on any atom is -0.506 e. The lowest BCUT2D eigenvalue weighted by molar-refractivity contribution is 0.414. The Hall–Kier alpha value is -3.59. The van der Waals surface area contributed by atoms with Gasteiger partial charge < -0.3 is 14.8 Å². The Bertz CT molecular complexity index is 1030. The van der Waals surface area contributed by atoms with Crippen molar-refractivity contribution >= 4 is 22.2 Å².